The van der Waals surface area contributed by atoms with Crippen LogP contribution in [0.15, 0.2) is 54.3 Å². The van der Waals surface area contributed by atoms with Gasteiger partial charge in [-0.05, 0) is 35.9 Å². The second kappa shape index (κ2) is 4.26. The Bertz CT molecular complexity index is 775. The number of allylic oxidation sites excluding steroid dienone is 2. The zero-order valence-electron chi connectivity index (χ0n) is 12.1. The summed E-state index contributed by atoms with van der Waals surface area (Å²) < 4.78 is 17.3. The highest BCUT2D eigenvalue weighted by Crippen LogP contribution is 2.56. The van der Waals surface area contributed by atoms with Crippen LogP contribution in [0.3, 0.4) is 0 Å². The highest BCUT2D eigenvalue weighted by molar-refractivity contribution is 5.98. The number of carbonyl (C=O) groups is 1. The highest BCUT2D eigenvalue weighted by atomic mass is 16.7. The van der Waals surface area contributed by atoms with Crippen molar-refractivity contribution in [2.75, 3.05) is 0 Å². The molecule has 5 nitrogen and oxygen atoms in total. The van der Waals surface area contributed by atoms with E-state index < -0.39 is 18.0 Å². The van der Waals surface area contributed by atoms with Gasteiger partial charge in [0, 0.05) is 5.92 Å². The molecule has 0 bridgehead atoms. The van der Waals surface area contributed by atoms with E-state index in [1.54, 1.807) is 36.6 Å². The summed E-state index contributed by atoms with van der Waals surface area (Å²) in [6.07, 6.45) is 8.51. The molecule has 3 heterocycles. The first kappa shape index (κ1) is 13.0. The van der Waals surface area contributed by atoms with Gasteiger partial charge in [-0.25, -0.2) is 4.79 Å². The van der Waals surface area contributed by atoms with Gasteiger partial charge in [-0.1, -0.05) is 18.2 Å². The Hall–Kier alpha value is -2.53. The average Bonchev–Trinajstić information content (AvgIpc) is 3.15. The number of benzene rings is 1. The van der Waals surface area contributed by atoms with Gasteiger partial charge in [0.05, 0.1) is 17.8 Å². The lowest BCUT2D eigenvalue weighted by Crippen LogP contribution is -2.41. The van der Waals surface area contributed by atoms with Gasteiger partial charge >= 0.3 is 5.97 Å². The van der Waals surface area contributed by atoms with Gasteiger partial charge in [-0.15, -0.1) is 0 Å². The molecule has 1 aromatic rings. The van der Waals surface area contributed by atoms with E-state index in [0.717, 1.165) is 5.56 Å². The standard InChI is InChI=1S/C18H14O5/c19-12-3-1-10(2-4-12)9-13-15-18(23-16(13)20)7-5-11-6-8-21-17(22-15)14(11)18/h1-9,11,14-15,17,19H/b13-9+/t11-,14-,15+,17-,18+/m1/s1. The van der Waals surface area contributed by atoms with Crippen LogP contribution in [0.4, 0.5) is 0 Å². The second-order valence-electron chi connectivity index (χ2n) is 6.25. The number of hydrogen-bond donors (Lipinski definition) is 1. The van der Waals surface area contributed by atoms with Crippen molar-refractivity contribution >= 4 is 12.0 Å². The fraction of sp³-hybridized carbons (Fsp3) is 0.278. The van der Waals surface area contributed by atoms with Crippen molar-refractivity contribution in [1.82, 2.24) is 0 Å². The Morgan fingerprint density at radius 1 is 1.17 bits per heavy atom. The number of aromatic hydroxyl groups is 1. The van der Waals surface area contributed by atoms with Crippen LogP contribution >= 0.6 is 0 Å². The number of phenols is 1. The lowest BCUT2D eigenvalue weighted by atomic mass is 9.81. The van der Waals surface area contributed by atoms with Crippen LogP contribution in [0.5, 0.6) is 5.75 Å². The van der Waals surface area contributed by atoms with Gasteiger partial charge in [0.1, 0.15) is 11.9 Å². The zero-order chi connectivity index (χ0) is 15.6. The number of ether oxygens (including phenoxy) is 3. The summed E-state index contributed by atoms with van der Waals surface area (Å²) in [6.45, 7) is 0. The van der Waals surface area contributed by atoms with E-state index in [9.17, 15) is 9.90 Å². The normalized spacial score (nSPS) is 40.9. The number of rotatable bonds is 1. The molecule has 23 heavy (non-hydrogen) atoms. The largest absolute Gasteiger partial charge is 0.508 e. The molecular formula is C18H14O5. The third-order valence-corrected chi connectivity index (χ3v) is 5.00. The van der Waals surface area contributed by atoms with Crippen molar-refractivity contribution < 1.29 is 24.1 Å². The molecular weight excluding hydrogens is 296 g/mol. The predicted octanol–water partition coefficient (Wildman–Crippen LogP) is 2.14. The summed E-state index contributed by atoms with van der Waals surface area (Å²) in [5.41, 5.74) is 0.529. The van der Waals surface area contributed by atoms with Gasteiger partial charge in [0.2, 0.25) is 6.29 Å². The molecule has 2 fully saturated rings. The monoisotopic (exact) mass is 310 g/mol. The zero-order valence-corrected chi connectivity index (χ0v) is 12.1. The third-order valence-electron chi connectivity index (χ3n) is 5.00. The van der Waals surface area contributed by atoms with Crippen molar-refractivity contribution in [2.24, 2.45) is 11.8 Å². The molecule has 0 saturated carbocycles. The Balaban J connectivity index is 1.57. The van der Waals surface area contributed by atoms with E-state index in [4.69, 9.17) is 14.2 Å². The minimum absolute atomic E-state index is 0.0350. The van der Waals surface area contributed by atoms with Crippen LogP contribution in [0.2, 0.25) is 0 Å². The maximum atomic E-state index is 12.4. The maximum Gasteiger partial charge on any atom is 0.337 e. The first-order valence-electron chi connectivity index (χ1n) is 7.58. The molecule has 5 atom stereocenters. The Kier molecular flexibility index (Phi) is 2.40. The minimum atomic E-state index is -0.764. The van der Waals surface area contributed by atoms with Crippen LogP contribution < -0.4 is 0 Å². The molecule has 5 rings (SSSR count). The third kappa shape index (κ3) is 1.63. The van der Waals surface area contributed by atoms with Crippen molar-refractivity contribution in [1.29, 1.82) is 0 Å². The fourth-order valence-electron chi connectivity index (χ4n) is 3.97. The van der Waals surface area contributed by atoms with Gasteiger partial charge in [-0.3, -0.25) is 0 Å². The summed E-state index contributed by atoms with van der Waals surface area (Å²) in [4.78, 5) is 12.4. The summed E-state index contributed by atoms with van der Waals surface area (Å²) in [5.74, 6) is -0.0464. The summed E-state index contributed by atoms with van der Waals surface area (Å²) >= 11 is 0. The van der Waals surface area contributed by atoms with E-state index in [2.05, 4.69) is 6.08 Å². The van der Waals surface area contributed by atoms with Crippen LogP contribution in [0.25, 0.3) is 6.08 Å². The molecule has 2 saturated heterocycles. The molecule has 0 amide bonds. The molecule has 5 heteroatoms. The Labute approximate surface area is 132 Å². The average molecular weight is 310 g/mol. The lowest BCUT2D eigenvalue weighted by Gasteiger charge is -2.30. The van der Waals surface area contributed by atoms with E-state index in [0.29, 0.717) is 5.57 Å². The van der Waals surface area contributed by atoms with Crippen LogP contribution in [0, 0.1) is 11.8 Å². The minimum Gasteiger partial charge on any atom is -0.508 e. The molecule has 1 N–H and O–H groups in total. The molecule has 0 radical (unpaired) electrons. The predicted molar refractivity (Wildman–Crippen MR) is 79.9 cm³/mol. The van der Waals surface area contributed by atoms with Gasteiger partial charge in [0.15, 0.2) is 5.60 Å². The van der Waals surface area contributed by atoms with Crippen molar-refractivity contribution in [3.63, 3.8) is 0 Å². The van der Waals surface area contributed by atoms with E-state index in [1.807, 2.05) is 12.2 Å². The van der Waals surface area contributed by atoms with E-state index >= 15 is 0 Å². The Morgan fingerprint density at radius 2 is 2.00 bits per heavy atom. The van der Waals surface area contributed by atoms with Crippen LogP contribution in [0.1, 0.15) is 5.56 Å². The fourth-order valence-corrected chi connectivity index (χ4v) is 3.97. The van der Waals surface area contributed by atoms with Gasteiger partial charge < -0.3 is 19.3 Å². The SMILES string of the molecule is O=C1O[C@]23C=C[C@@H]4C=CO[C@H](O[C@H]2/C1=C\c1ccc(O)cc1)[C@@H]43. The number of hydrogen-bond acceptors (Lipinski definition) is 5. The highest BCUT2D eigenvalue weighted by Gasteiger charge is 2.69. The molecule has 1 aliphatic carbocycles. The van der Waals surface area contributed by atoms with E-state index in [1.165, 1.54) is 0 Å². The summed E-state index contributed by atoms with van der Waals surface area (Å²) in [7, 11) is 0. The Morgan fingerprint density at radius 3 is 2.83 bits per heavy atom. The first-order chi connectivity index (χ1) is 11.2. The van der Waals surface area contributed by atoms with Crippen LogP contribution in [-0.2, 0) is 19.0 Å². The molecule has 4 aliphatic rings. The maximum absolute atomic E-state index is 12.4. The lowest BCUT2D eigenvalue weighted by molar-refractivity contribution is -0.150. The van der Waals surface area contributed by atoms with E-state index in [-0.39, 0.29) is 23.6 Å². The number of carbonyl (C=O) groups excluding carboxylic acids is 1. The quantitative estimate of drug-likeness (QED) is 0.489. The van der Waals surface area contributed by atoms with Gasteiger partial charge in [-0.2, -0.15) is 0 Å². The smallest absolute Gasteiger partial charge is 0.337 e. The topological polar surface area (TPSA) is 65.0 Å². The van der Waals surface area contributed by atoms with Crippen molar-refractivity contribution in [3.05, 3.63) is 59.9 Å². The van der Waals surface area contributed by atoms with Gasteiger partial charge in [0.25, 0.3) is 0 Å². The summed E-state index contributed by atoms with van der Waals surface area (Å²) in [6, 6.07) is 6.65. The molecule has 0 aromatic heterocycles. The van der Waals surface area contributed by atoms with Crippen molar-refractivity contribution in [2.45, 2.75) is 18.0 Å². The van der Waals surface area contributed by atoms with Crippen LogP contribution in [-0.4, -0.2) is 29.1 Å². The number of phenolic OH excluding ortho intramolecular Hbond substituents is 1. The first-order valence-corrected chi connectivity index (χ1v) is 7.58. The summed E-state index contributed by atoms with van der Waals surface area (Å²) in [5, 5.41) is 9.37. The molecule has 1 spiro atoms. The molecule has 1 aromatic carbocycles. The molecule has 0 unspecified atom stereocenters. The molecule has 3 aliphatic heterocycles. The van der Waals surface area contributed by atoms with Crippen molar-refractivity contribution in [3.8, 4) is 5.75 Å². The number of esters is 1. The second-order valence-corrected chi connectivity index (χ2v) is 6.25. The molecule has 116 valence electrons.